The van der Waals surface area contributed by atoms with Gasteiger partial charge >= 0.3 is 5.97 Å². The van der Waals surface area contributed by atoms with Crippen LogP contribution in [0.5, 0.6) is 0 Å². The van der Waals surface area contributed by atoms with Crippen molar-refractivity contribution in [3.05, 3.63) is 41.6 Å². The highest BCUT2D eigenvalue weighted by atomic mass is 19.2. The monoisotopic (exact) mass is 253 g/mol. The lowest BCUT2D eigenvalue weighted by Gasteiger charge is -2.06. The summed E-state index contributed by atoms with van der Waals surface area (Å²) in [5.41, 5.74) is -0.879. The number of anilines is 2. The highest BCUT2D eigenvalue weighted by Crippen LogP contribution is 2.23. The summed E-state index contributed by atoms with van der Waals surface area (Å²) in [5.74, 6) is -3.83. The second-order valence-electron chi connectivity index (χ2n) is 3.59. The van der Waals surface area contributed by atoms with E-state index in [-0.39, 0.29) is 5.69 Å². The van der Waals surface area contributed by atoms with Crippen molar-refractivity contribution in [2.45, 2.75) is 0 Å². The molecule has 0 spiro atoms. The van der Waals surface area contributed by atoms with Gasteiger partial charge in [-0.15, -0.1) is 0 Å². The summed E-state index contributed by atoms with van der Waals surface area (Å²) >= 11 is 0. The predicted molar refractivity (Wildman–Crippen MR) is 59.8 cm³/mol. The minimum atomic E-state index is -1.52. The molecule has 0 saturated heterocycles. The zero-order valence-corrected chi connectivity index (χ0v) is 9.32. The van der Waals surface area contributed by atoms with Crippen LogP contribution in [0.3, 0.4) is 0 Å². The van der Waals surface area contributed by atoms with Gasteiger partial charge in [-0.25, -0.2) is 13.6 Å². The second kappa shape index (κ2) is 4.44. The molecule has 5 nitrogen and oxygen atoms in total. The molecular formula is C11H9F2N3O2. The van der Waals surface area contributed by atoms with Crippen LogP contribution in [0.4, 0.5) is 20.3 Å². The lowest BCUT2D eigenvalue weighted by molar-refractivity contribution is 0.0690. The molecule has 0 atom stereocenters. The topological polar surface area (TPSA) is 67.2 Å². The van der Waals surface area contributed by atoms with Gasteiger partial charge in [0.15, 0.2) is 17.5 Å². The van der Waals surface area contributed by atoms with Crippen LogP contribution in [0.15, 0.2) is 24.4 Å². The first-order valence-electron chi connectivity index (χ1n) is 4.97. The minimum Gasteiger partial charge on any atom is -0.478 e. The van der Waals surface area contributed by atoms with Gasteiger partial charge in [-0.2, -0.15) is 5.10 Å². The Morgan fingerprint density at radius 1 is 1.33 bits per heavy atom. The molecule has 2 rings (SSSR count). The molecule has 7 heteroatoms. The summed E-state index contributed by atoms with van der Waals surface area (Å²) in [5, 5.41) is 15.1. The first-order chi connectivity index (χ1) is 8.49. The molecule has 0 unspecified atom stereocenters. The number of halogens is 2. The van der Waals surface area contributed by atoms with Gasteiger partial charge < -0.3 is 10.4 Å². The Balaban J connectivity index is 2.35. The summed E-state index contributed by atoms with van der Waals surface area (Å²) in [6.45, 7) is 0. The molecule has 2 aromatic rings. The van der Waals surface area contributed by atoms with E-state index in [9.17, 15) is 13.6 Å². The highest BCUT2D eigenvalue weighted by molar-refractivity contribution is 5.88. The van der Waals surface area contributed by atoms with Crippen LogP contribution < -0.4 is 5.32 Å². The molecule has 0 aliphatic carbocycles. The van der Waals surface area contributed by atoms with E-state index in [2.05, 4.69) is 10.4 Å². The third-order valence-corrected chi connectivity index (χ3v) is 2.29. The number of carboxylic acids is 1. The smallest absolute Gasteiger partial charge is 0.338 e. The summed E-state index contributed by atoms with van der Waals surface area (Å²) in [4.78, 5) is 10.6. The first-order valence-corrected chi connectivity index (χ1v) is 4.97. The molecule has 1 aromatic carbocycles. The lowest BCUT2D eigenvalue weighted by Crippen LogP contribution is -2.05. The van der Waals surface area contributed by atoms with Crippen molar-refractivity contribution < 1.29 is 18.7 Å². The fourth-order valence-electron chi connectivity index (χ4n) is 1.43. The molecule has 0 aliphatic rings. The summed E-state index contributed by atoms with van der Waals surface area (Å²) < 4.78 is 28.5. The molecule has 94 valence electrons. The normalized spacial score (nSPS) is 10.4. The zero-order valence-electron chi connectivity index (χ0n) is 9.32. The van der Waals surface area contributed by atoms with E-state index >= 15 is 0 Å². The van der Waals surface area contributed by atoms with Crippen LogP contribution in [-0.4, -0.2) is 20.9 Å². The van der Waals surface area contributed by atoms with Crippen molar-refractivity contribution in [1.82, 2.24) is 9.78 Å². The van der Waals surface area contributed by atoms with Gasteiger partial charge in [0.25, 0.3) is 0 Å². The number of nitrogens with zero attached hydrogens (tertiary/aromatic N) is 2. The second-order valence-corrected chi connectivity index (χ2v) is 3.59. The van der Waals surface area contributed by atoms with Crippen molar-refractivity contribution in [2.75, 3.05) is 5.32 Å². The maximum Gasteiger partial charge on any atom is 0.338 e. The molecule has 0 radical (unpaired) electrons. The van der Waals surface area contributed by atoms with Crippen LogP contribution in [0.25, 0.3) is 0 Å². The van der Waals surface area contributed by atoms with Crippen molar-refractivity contribution in [1.29, 1.82) is 0 Å². The summed E-state index contributed by atoms with van der Waals surface area (Å²) in [6.07, 6.45) is 1.63. The summed E-state index contributed by atoms with van der Waals surface area (Å²) in [6, 6.07) is 3.71. The number of carbonyl (C=O) groups is 1. The maximum absolute atomic E-state index is 13.6. The van der Waals surface area contributed by atoms with Gasteiger partial charge in [-0.05, 0) is 12.1 Å². The molecule has 18 heavy (non-hydrogen) atoms. The summed E-state index contributed by atoms with van der Waals surface area (Å²) in [7, 11) is 1.68. The van der Waals surface area contributed by atoms with Crippen molar-refractivity contribution in [3.63, 3.8) is 0 Å². The highest BCUT2D eigenvalue weighted by Gasteiger charge is 2.18. The van der Waals surface area contributed by atoms with Gasteiger partial charge in [0, 0.05) is 19.3 Å². The molecule has 0 saturated carbocycles. The number of hydrogen-bond donors (Lipinski definition) is 2. The van der Waals surface area contributed by atoms with Gasteiger partial charge in [0.05, 0.1) is 11.3 Å². The molecule has 0 bridgehead atoms. The number of aryl methyl sites for hydroxylation is 1. The van der Waals surface area contributed by atoms with Gasteiger partial charge in [0.1, 0.15) is 0 Å². The van der Waals surface area contributed by atoms with Gasteiger partial charge in [-0.3, -0.25) is 4.68 Å². The van der Waals surface area contributed by atoms with Crippen LogP contribution in [0.1, 0.15) is 10.4 Å². The van der Waals surface area contributed by atoms with Crippen LogP contribution >= 0.6 is 0 Å². The Morgan fingerprint density at radius 2 is 2.06 bits per heavy atom. The van der Waals surface area contributed by atoms with E-state index in [1.807, 2.05) is 0 Å². The molecule has 1 heterocycles. The van der Waals surface area contributed by atoms with E-state index in [0.717, 1.165) is 12.1 Å². The minimum absolute atomic E-state index is 0.170. The zero-order chi connectivity index (χ0) is 13.3. The SMILES string of the molecule is Cn1ccc(Nc2ccc(C(=O)O)c(F)c2F)n1. The van der Waals surface area contributed by atoms with Crippen LogP contribution in [-0.2, 0) is 7.05 Å². The average Bonchev–Trinajstić information content (AvgIpc) is 2.70. The van der Waals surface area contributed by atoms with Gasteiger partial charge in [0.2, 0.25) is 0 Å². The molecule has 0 amide bonds. The van der Waals surface area contributed by atoms with E-state index < -0.39 is 23.2 Å². The van der Waals surface area contributed by atoms with E-state index in [1.165, 1.54) is 4.68 Å². The molecule has 0 fully saturated rings. The molecule has 0 aliphatic heterocycles. The van der Waals surface area contributed by atoms with E-state index in [4.69, 9.17) is 5.11 Å². The number of aromatic carboxylic acids is 1. The number of nitrogens with one attached hydrogen (secondary N) is 1. The Kier molecular flexibility index (Phi) is 2.97. The fraction of sp³-hybridized carbons (Fsp3) is 0.0909. The number of hydrogen-bond acceptors (Lipinski definition) is 3. The Bertz CT molecular complexity index is 610. The molecule has 2 N–H and O–H groups in total. The largest absolute Gasteiger partial charge is 0.478 e. The Hall–Kier alpha value is -2.44. The molecular weight excluding hydrogens is 244 g/mol. The van der Waals surface area contributed by atoms with Crippen molar-refractivity contribution >= 4 is 17.5 Å². The quantitative estimate of drug-likeness (QED) is 0.879. The Morgan fingerprint density at radius 3 is 2.61 bits per heavy atom. The standard InChI is InChI=1S/C11H9F2N3O2/c1-16-5-4-8(15-16)14-7-3-2-6(11(17)18)9(12)10(7)13/h2-5H,1H3,(H,14,15)(H,17,18). The lowest BCUT2D eigenvalue weighted by atomic mass is 10.2. The van der Waals surface area contributed by atoms with Crippen LogP contribution in [0, 0.1) is 11.6 Å². The Labute approximate surface area is 101 Å². The van der Waals surface area contributed by atoms with Gasteiger partial charge in [-0.1, -0.05) is 0 Å². The van der Waals surface area contributed by atoms with E-state index in [0.29, 0.717) is 5.82 Å². The number of benzene rings is 1. The van der Waals surface area contributed by atoms with Crippen LogP contribution in [0.2, 0.25) is 0 Å². The third-order valence-electron chi connectivity index (χ3n) is 2.29. The fourth-order valence-corrected chi connectivity index (χ4v) is 1.43. The third kappa shape index (κ3) is 2.15. The van der Waals surface area contributed by atoms with Crippen molar-refractivity contribution in [3.8, 4) is 0 Å². The maximum atomic E-state index is 13.6. The average molecular weight is 253 g/mol. The predicted octanol–water partition coefficient (Wildman–Crippen LogP) is 2.14. The number of aromatic nitrogens is 2. The van der Waals surface area contributed by atoms with E-state index in [1.54, 1.807) is 19.3 Å². The first kappa shape index (κ1) is 12.0. The molecule has 1 aromatic heterocycles. The van der Waals surface area contributed by atoms with Crippen molar-refractivity contribution in [2.24, 2.45) is 7.05 Å². The number of carboxylic acid groups (broad SMARTS) is 1. The number of rotatable bonds is 3.